The van der Waals surface area contributed by atoms with Crippen LogP contribution in [0.25, 0.3) is 11.0 Å². The fourth-order valence-corrected chi connectivity index (χ4v) is 4.02. The Hall–Kier alpha value is -2.06. The first kappa shape index (κ1) is 21.6. The van der Waals surface area contributed by atoms with Crippen LogP contribution in [-0.4, -0.2) is 43.7 Å². The SMILES string of the molecule is COc1ccc(C[N+]2(C)CCC(NC(=O)c3cc4ccccc4o3)CC2)cc1.[I-]. The van der Waals surface area contributed by atoms with Gasteiger partial charge < -0.3 is 42.9 Å². The van der Waals surface area contributed by atoms with Crippen LogP contribution < -0.4 is 34.0 Å². The molecular weight excluding hydrogens is 479 g/mol. The van der Waals surface area contributed by atoms with Crippen LogP contribution in [0.1, 0.15) is 29.0 Å². The van der Waals surface area contributed by atoms with E-state index in [1.165, 1.54) is 5.56 Å². The van der Waals surface area contributed by atoms with Crippen LogP contribution >= 0.6 is 0 Å². The molecule has 1 N–H and O–H groups in total. The van der Waals surface area contributed by atoms with Crippen LogP contribution in [0.4, 0.5) is 0 Å². The smallest absolute Gasteiger partial charge is 0.287 e. The van der Waals surface area contributed by atoms with E-state index in [1.54, 1.807) is 7.11 Å². The molecule has 0 unspecified atom stereocenters. The molecule has 3 aromatic rings. The molecule has 1 aliphatic heterocycles. The number of amides is 1. The highest BCUT2D eigenvalue weighted by molar-refractivity contribution is 5.96. The molecule has 0 radical (unpaired) electrons. The second-order valence-electron chi connectivity index (χ2n) is 7.97. The Morgan fingerprint density at radius 2 is 1.83 bits per heavy atom. The fourth-order valence-electron chi connectivity index (χ4n) is 4.02. The van der Waals surface area contributed by atoms with Crippen molar-refractivity contribution in [2.45, 2.75) is 25.4 Å². The lowest BCUT2D eigenvalue weighted by molar-refractivity contribution is -0.927. The number of piperidine rings is 1. The number of nitrogens with zero attached hydrogens (tertiary/aromatic N) is 1. The third kappa shape index (κ3) is 5.11. The van der Waals surface area contributed by atoms with Crippen molar-refractivity contribution in [3.8, 4) is 5.75 Å². The second-order valence-corrected chi connectivity index (χ2v) is 7.97. The van der Waals surface area contributed by atoms with Crippen molar-refractivity contribution in [3.05, 3.63) is 65.9 Å². The molecule has 154 valence electrons. The molecule has 1 fully saturated rings. The Morgan fingerprint density at radius 3 is 2.48 bits per heavy atom. The summed E-state index contributed by atoms with van der Waals surface area (Å²) in [5.74, 6) is 1.16. The molecule has 6 heteroatoms. The fraction of sp³-hybridized carbons (Fsp3) is 0.348. The topological polar surface area (TPSA) is 51.5 Å². The summed E-state index contributed by atoms with van der Waals surface area (Å²) < 4.78 is 11.9. The number of carbonyl (C=O) groups excluding carboxylic acids is 1. The van der Waals surface area contributed by atoms with E-state index >= 15 is 0 Å². The van der Waals surface area contributed by atoms with E-state index in [9.17, 15) is 4.79 Å². The van der Waals surface area contributed by atoms with Gasteiger partial charge in [0.05, 0.1) is 27.2 Å². The third-order valence-corrected chi connectivity index (χ3v) is 5.74. The molecule has 2 heterocycles. The Kier molecular flexibility index (Phi) is 6.85. The van der Waals surface area contributed by atoms with E-state index in [4.69, 9.17) is 9.15 Å². The van der Waals surface area contributed by atoms with E-state index < -0.39 is 0 Å². The van der Waals surface area contributed by atoms with Crippen LogP contribution in [0.2, 0.25) is 0 Å². The summed E-state index contributed by atoms with van der Waals surface area (Å²) in [4.78, 5) is 12.6. The van der Waals surface area contributed by atoms with Crippen LogP contribution in [0.5, 0.6) is 5.75 Å². The highest BCUT2D eigenvalue weighted by atomic mass is 127. The number of nitrogens with one attached hydrogen (secondary N) is 1. The first-order valence-electron chi connectivity index (χ1n) is 9.81. The molecule has 2 aromatic carbocycles. The minimum Gasteiger partial charge on any atom is -1.00 e. The van der Waals surface area contributed by atoms with Gasteiger partial charge in [0.15, 0.2) is 5.76 Å². The van der Waals surface area contributed by atoms with Gasteiger partial charge in [0.1, 0.15) is 17.9 Å². The largest absolute Gasteiger partial charge is 1.00 e. The number of ether oxygens (including phenoxy) is 1. The first-order valence-corrected chi connectivity index (χ1v) is 9.81. The number of carbonyl (C=O) groups is 1. The van der Waals surface area contributed by atoms with Crippen molar-refractivity contribution in [2.24, 2.45) is 0 Å². The van der Waals surface area contributed by atoms with Crippen LogP contribution in [0.15, 0.2) is 59.0 Å². The van der Waals surface area contributed by atoms with Gasteiger partial charge in [0.25, 0.3) is 5.91 Å². The second kappa shape index (κ2) is 9.17. The molecule has 4 rings (SSSR count). The molecule has 5 nitrogen and oxygen atoms in total. The van der Waals surface area contributed by atoms with Gasteiger partial charge in [-0.1, -0.05) is 18.2 Å². The number of methoxy groups -OCH3 is 1. The van der Waals surface area contributed by atoms with Crippen LogP contribution in [0, 0.1) is 0 Å². The van der Waals surface area contributed by atoms with Gasteiger partial charge in [-0.15, -0.1) is 0 Å². The molecule has 1 aromatic heterocycles. The van der Waals surface area contributed by atoms with Gasteiger partial charge in [-0.05, 0) is 36.4 Å². The monoisotopic (exact) mass is 506 g/mol. The molecule has 0 aliphatic carbocycles. The van der Waals surface area contributed by atoms with Gasteiger partial charge in [-0.2, -0.15) is 0 Å². The zero-order valence-corrected chi connectivity index (χ0v) is 19.0. The lowest BCUT2D eigenvalue weighted by atomic mass is 10.0. The number of hydrogen-bond acceptors (Lipinski definition) is 3. The Balaban J connectivity index is 0.00000240. The lowest BCUT2D eigenvalue weighted by Gasteiger charge is -2.40. The van der Waals surface area contributed by atoms with Gasteiger partial charge >= 0.3 is 0 Å². The van der Waals surface area contributed by atoms with Gasteiger partial charge in [-0.3, -0.25) is 4.79 Å². The number of quaternary nitrogens is 1. The van der Waals surface area contributed by atoms with Crippen molar-refractivity contribution < 1.29 is 42.4 Å². The summed E-state index contributed by atoms with van der Waals surface area (Å²) in [6.45, 7) is 3.07. The Labute approximate surface area is 188 Å². The first-order chi connectivity index (χ1) is 13.5. The minimum atomic E-state index is -0.118. The molecule has 1 amide bonds. The summed E-state index contributed by atoms with van der Waals surface area (Å²) in [6.07, 6.45) is 1.94. The van der Waals surface area contributed by atoms with E-state index in [-0.39, 0.29) is 35.9 Å². The highest BCUT2D eigenvalue weighted by Crippen LogP contribution is 2.23. The van der Waals surface area contributed by atoms with Crippen LogP contribution in [-0.2, 0) is 6.54 Å². The highest BCUT2D eigenvalue weighted by Gasteiger charge is 2.31. The van der Waals surface area contributed by atoms with E-state index in [1.807, 2.05) is 42.5 Å². The van der Waals surface area contributed by atoms with Gasteiger partial charge in [0, 0.05) is 29.8 Å². The van der Waals surface area contributed by atoms with Crippen molar-refractivity contribution in [2.75, 3.05) is 27.2 Å². The standard InChI is InChI=1S/C23H26N2O3.HI/c1-25(16-17-7-9-20(27-2)10-8-17)13-11-19(12-14-25)24-23(26)22-15-18-5-3-4-6-21(18)28-22;/h3-10,15,19H,11-14,16H2,1-2H3;1H. The van der Waals surface area contributed by atoms with E-state index in [0.29, 0.717) is 5.76 Å². The zero-order chi connectivity index (χ0) is 19.6. The maximum atomic E-state index is 12.6. The molecular formula is C23H27IN2O3. The quantitative estimate of drug-likeness (QED) is 0.415. The van der Waals surface area contributed by atoms with Crippen molar-refractivity contribution in [1.29, 1.82) is 0 Å². The van der Waals surface area contributed by atoms with E-state index in [2.05, 4.69) is 24.5 Å². The summed E-state index contributed by atoms with van der Waals surface area (Å²) >= 11 is 0. The predicted molar refractivity (Wildman–Crippen MR) is 109 cm³/mol. The van der Waals surface area contributed by atoms with Crippen molar-refractivity contribution >= 4 is 16.9 Å². The van der Waals surface area contributed by atoms with Crippen LogP contribution in [0.3, 0.4) is 0 Å². The molecule has 29 heavy (non-hydrogen) atoms. The number of halogens is 1. The molecule has 0 bridgehead atoms. The number of hydrogen-bond donors (Lipinski definition) is 1. The molecule has 1 aliphatic rings. The van der Waals surface area contributed by atoms with Crippen molar-refractivity contribution in [3.63, 3.8) is 0 Å². The van der Waals surface area contributed by atoms with Crippen molar-refractivity contribution in [1.82, 2.24) is 5.32 Å². The summed E-state index contributed by atoms with van der Waals surface area (Å²) in [6, 6.07) is 18.0. The summed E-state index contributed by atoms with van der Waals surface area (Å²) in [5.41, 5.74) is 2.06. The maximum absolute atomic E-state index is 12.6. The van der Waals surface area contributed by atoms with E-state index in [0.717, 1.165) is 53.7 Å². The maximum Gasteiger partial charge on any atom is 0.287 e. The molecule has 1 saturated heterocycles. The zero-order valence-electron chi connectivity index (χ0n) is 16.9. The number of benzene rings is 2. The average molecular weight is 506 g/mol. The summed E-state index contributed by atoms with van der Waals surface area (Å²) in [7, 11) is 3.98. The predicted octanol–water partition coefficient (Wildman–Crippen LogP) is 0.984. The Morgan fingerprint density at radius 1 is 1.14 bits per heavy atom. The van der Waals surface area contributed by atoms with Gasteiger partial charge in [-0.25, -0.2) is 0 Å². The normalized spacial score (nSPS) is 21.4. The molecule has 0 atom stereocenters. The lowest BCUT2D eigenvalue weighted by Crippen LogP contribution is -3.00. The molecule has 0 spiro atoms. The Bertz CT molecular complexity index is 927. The number of fused-ring (bicyclic) bond motifs is 1. The third-order valence-electron chi connectivity index (χ3n) is 5.74. The number of para-hydroxylation sites is 1. The number of likely N-dealkylation sites (tertiary alicyclic amines) is 1. The van der Waals surface area contributed by atoms with Gasteiger partial charge in [0.2, 0.25) is 0 Å². The molecule has 0 saturated carbocycles. The number of rotatable bonds is 5. The minimum absolute atomic E-state index is 0. The number of furan rings is 1. The average Bonchev–Trinajstić information content (AvgIpc) is 3.15. The summed E-state index contributed by atoms with van der Waals surface area (Å²) in [5, 5.41) is 4.11.